The van der Waals surface area contributed by atoms with Crippen LogP contribution in [0.15, 0.2) is 59.1 Å². The van der Waals surface area contributed by atoms with Crippen LogP contribution in [0.4, 0.5) is 0 Å². The number of nitrogens with one attached hydrogen (secondary N) is 5. The van der Waals surface area contributed by atoms with Crippen LogP contribution in [0, 0.1) is 5.92 Å². The first-order valence-electron chi connectivity index (χ1n) is 17.7. The largest absolute Gasteiger partial charge is 0.355 e. The fraction of sp³-hybridized carbons (Fsp3) is 0.459. The number of nitrogens with zero attached hydrogens (tertiary/aromatic N) is 3. The molecule has 2 aromatic carbocycles. The summed E-state index contributed by atoms with van der Waals surface area (Å²) in [5.74, 6) is -2.87. The topological polar surface area (TPSA) is 205 Å². The van der Waals surface area contributed by atoms with Gasteiger partial charge in [0.05, 0.1) is 11.6 Å². The highest BCUT2D eigenvalue weighted by Crippen LogP contribution is 2.25. The maximum Gasteiger partial charge on any atom is 0.245 e. The molecule has 0 bridgehead atoms. The van der Waals surface area contributed by atoms with E-state index in [1.54, 1.807) is 38.1 Å². The first-order valence-corrected chi connectivity index (χ1v) is 18.0. The summed E-state index contributed by atoms with van der Waals surface area (Å²) >= 11 is 6.23. The molecule has 4 rings (SSSR count). The predicted octanol–water partition coefficient (Wildman–Crippen LogP) is 1.94. The highest BCUT2D eigenvalue weighted by molar-refractivity contribution is 6.33. The van der Waals surface area contributed by atoms with Gasteiger partial charge in [0.25, 0.3) is 0 Å². The van der Waals surface area contributed by atoms with Crippen molar-refractivity contribution in [3.05, 3.63) is 71.1 Å². The van der Waals surface area contributed by atoms with Crippen LogP contribution < -0.4 is 26.6 Å². The molecule has 1 saturated heterocycles. The van der Waals surface area contributed by atoms with E-state index in [-0.39, 0.29) is 38.3 Å². The summed E-state index contributed by atoms with van der Waals surface area (Å²) in [6, 6.07) is 12.0. The van der Waals surface area contributed by atoms with Crippen molar-refractivity contribution in [2.45, 2.75) is 83.5 Å². The Morgan fingerprint density at radius 2 is 1.70 bits per heavy atom. The van der Waals surface area contributed by atoms with Crippen molar-refractivity contribution in [2.24, 2.45) is 5.92 Å². The van der Waals surface area contributed by atoms with Gasteiger partial charge in [0.15, 0.2) is 0 Å². The van der Waals surface area contributed by atoms with Gasteiger partial charge in [-0.15, -0.1) is 0 Å². The highest BCUT2D eigenvalue weighted by Gasteiger charge is 2.32. The minimum absolute atomic E-state index is 0.0384. The second kappa shape index (κ2) is 19.5. The summed E-state index contributed by atoms with van der Waals surface area (Å²) in [6.07, 6.45) is 1.29. The minimum atomic E-state index is -1.07. The molecule has 1 aliphatic rings. The molecule has 0 saturated carbocycles. The van der Waals surface area contributed by atoms with Gasteiger partial charge in [0, 0.05) is 38.4 Å². The molecule has 16 heteroatoms. The lowest BCUT2D eigenvalue weighted by molar-refractivity contribution is -0.139. The van der Waals surface area contributed by atoms with Crippen LogP contribution in [0.25, 0.3) is 11.4 Å². The van der Waals surface area contributed by atoms with Crippen molar-refractivity contribution in [1.29, 1.82) is 0 Å². The van der Waals surface area contributed by atoms with Crippen LogP contribution >= 0.6 is 11.6 Å². The number of halogens is 1. The molecule has 2 heterocycles. The van der Waals surface area contributed by atoms with Gasteiger partial charge in [-0.25, -0.2) is 0 Å². The SMILES string of the molecule is CC(C)[C@H]1NC(=O)[C@@H](NC(=O)CCCc2nc(-c3ccccc3Cl)no2)CCCNC(=O)CN(C)C(=O)[C@H](Cc2ccccc2)NC(=O)[C@@H](C)NC1=O. The third-order valence-corrected chi connectivity index (χ3v) is 9.00. The Balaban J connectivity index is 1.43. The molecule has 1 aliphatic heterocycles. The number of carbonyl (C=O) groups excluding carboxylic acids is 6. The van der Waals surface area contributed by atoms with Crippen LogP contribution in [0.5, 0.6) is 0 Å². The van der Waals surface area contributed by atoms with Gasteiger partial charge in [-0.2, -0.15) is 4.98 Å². The van der Waals surface area contributed by atoms with Crippen LogP contribution in [-0.2, 0) is 41.6 Å². The second-order valence-electron chi connectivity index (χ2n) is 13.4. The molecule has 0 radical (unpaired) electrons. The van der Waals surface area contributed by atoms with Gasteiger partial charge >= 0.3 is 0 Å². The van der Waals surface area contributed by atoms with Crippen LogP contribution in [-0.4, -0.2) is 94.8 Å². The minimum Gasteiger partial charge on any atom is -0.355 e. The molecular weight excluding hydrogens is 704 g/mol. The fourth-order valence-electron chi connectivity index (χ4n) is 5.70. The van der Waals surface area contributed by atoms with Crippen molar-refractivity contribution in [3.8, 4) is 11.4 Å². The molecule has 0 unspecified atom stereocenters. The van der Waals surface area contributed by atoms with Crippen molar-refractivity contribution in [3.63, 3.8) is 0 Å². The van der Waals surface area contributed by atoms with Gasteiger partial charge < -0.3 is 36.0 Å². The second-order valence-corrected chi connectivity index (χ2v) is 13.8. The van der Waals surface area contributed by atoms with Gasteiger partial charge in [-0.05, 0) is 49.8 Å². The molecule has 3 aromatic rings. The van der Waals surface area contributed by atoms with Crippen LogP contribution in [0.1, 0.15) is 57.9 Å². The van der Waals surface area contributed by atoms with Crippen molar-refractivity contribution < 1.29 is 33.3 Å². The first kappa shape index (κ1) is 40.5. The number of amides is 6. The monoisotopic (exact) mass is 750 g/mol. The molecule has 15 nitrogen and oxygen atoms in total. The third-order valence-electron chi connectivity index (χ3n) is 8.67. The molecule has 53 heavy (non-hydrogen) atoms. The molecule has 5 N–H and O–H groups in total. The molecule has 0 aliphatic carbocycles. The lowest BCUT2D eigenvalue weighted by atomic mass is 10.0. The third kappa shape index (κ3) is 12.1. The summed E-state index contributed by atoms with van der Waals surface area (Å²) < 4.78 is 5.33. The van der Waals surface area contributed by atoms with E-state index in [0.29, 0.717) is 41.6 Å². The Morgan fingerprint density at radius 3 is 2.42 bits per heavy atom. The number of benzene rings is 2. The van der Waals surface area contributed by atoms with E-state index in [4.69, 9.17) is 16.1 Å². The van der Waals surface area contributed by atoms with Gasteiger partial charge in [-0.1, -0.05) is 73.1 Å². The van der Waals surface area contributed by atoms with Crippen molar-refractivity contribution >= 4 is 47.0 Å². The van der Waals surface area contributed by atoms with E-state index in [0.717, 1.165) is 5.56 Å². The van der Waals surface area contributed by atoms with E-state index in [1.807, 2.05) is 30.3 Å². The number of hydrogen-bond donors (Lipinski definition) is 5. The zero-order valence-electron chi connectivity index (χ0n) is 30.3. The Kier molecular flexibility index (Phi) is 14.9. The maximum absolute atomic E-state index is 13.6. The molecule has 284 valence electrons. The number of likely N-dealkylation sites (N-methyl/N-ethyl adjacent to an activating group) is 1. The van der Waals surface area contributed by atoms with Crippen LogP contribution in [0.3, 0.4) is 0 Å². The van der Waals surface area contributed by atoms with Gasteiger partial charge in [0.1, 0.15) is 24.2 Å². The van der Waals surface area contributed by atoms with E-state index < -0.39 is 59.6 Å². The van der Waals surface area contributed by atoms with Gasteiger partial charge in [-0.3, -0.25) is 28.8 Å². The zero-order valence-corrected chi connectivity index (χ0v) is 31.1. The van der Waals surface area contributed by atoms with E-state index >= 15 is 0 Å². The fourth-order valence-corrected chi connectivity index (χ4v) is 5.92. The average molecular weight is 751 g/mol. The summed E-state index contributed by atoms with van der Waals surface area (Å²) in [4.78, 5) is 85.3. The number of aromatic nitrogens is 2. The number of aryl methyl sites for hydroxylation is 1. The highest BCUT2D eigenvalue weighted by atomic mass is 35.5. The average Bonchev–Trinajstić information content (AvgIpc) is 3.59. The molecule has 6 amide bonds. The molecule has 4 atom stereocenters. The number of hydrogen-bond acceptors (Lipinski definition) is 9. The summed E-state index contributed by atoms with van der Waals surface area (Å²) in [6.45, 7) is 4.83. The molecular formula is C37H47ClN8O7. The van der Waals surface area contributed by atoms with Crippen molar-refractivity contribution in [2.75, 3.05) is 20.1 Å². The Hall–Kier alpha value is -5.31. The van der Waals surface area contributed by atoms with E-state index in [1.165, 1.54) is 18.9 Å². The summed E-state index contributed by atoms with van der Waals surface area (Å²) in [5, 5.41) is 18.1. The number of carbonyl (C=O) groups is 6. The summed E-state index contributed by atoms with van der Waals surface area (Å²) in [5.41, 5.74) is 1.41. The smallest absolute Gasteiger partial charge is 0.245 e. The Bertz CT molecular complexity index is 1750. The predicted molar refractivity (Wildman–Crippen MR) is 196 cm³/mol. The quantitative estimate of drug-likeness (QED) is 0.217. The molecule has 1 fully saturated rings. The maximum atomic E-state index is 13.6. The zero-order chi connectivity index (χ0) is 38.5. The van der Waals surface area contributed by atoms with Crippen molar-refractivity contribution in [1.82, 2.24) is 41.6 Å². The van der Waals surface area contributed by atoms with E-state index in [9.17, 15) is 28.8 Å². The Morgan fingerprint density at radius 1 is 0.981 bits per heavy atom. The van der Waals surface area contributed by atoms with Crippen LogP contribution in [0.2, 0.25) is 5.02 Å². The molecule has 0 spiro atoms. The normalized spacial score (nSPS) is 21.2. The summed E-state index contributed by atoms with van der Waals surface area (Å²) in [7, 11) is 1.47. The van der Waals surface area contributed by atoms with Gasteiger partial charge in [0.2, 0.25) is 47.2 Å². The lowest BCUT2D eigenvalue weighted by Crippen LogP contribution is -2.59. The lowest BCUT2D eigenvalue weighted by Gasteiger charge is -2.28. The Labute approximate surface area is 313 Å². The standard InChI is InChI=1S/C37H47ClN8O7/c1-22(2)32-36(51)40-23(3)34(49)42-28(20-24-12-6-5-7-13-24)37(52)46(4)21-30(48)39-19-11-16-27(35(50)44-32)41-29(47)17-10-18-31-43-33(45-53-31)25-14-8-9-15-26(25)38/h5-9,12-15,22-23,27-28,32H,10-11,16-21H2,1-4H3,(H,39,48)(H,40,51)(H,41,47)(H,42,49)(H,44,50)/t23-,27+,28+,32-/m1/s1. The molecule has 1 aromatic heterocycles. The van der Waals surface area contributed by atoms with E-state index in [2.05, 4.69) is 36.7 Å². The first-order chi connectivity index (χ1) is 25.3. The number of rotatable bonds is 9.